The lowest BCUT2D eigenvalue weighted by molar-refractivity contribution is -0.141. The Morgan fingerprint density at radius 2 is 2.41 bits per heavy atom. The van der Waals surface area contributed by atoms with Crippen molar-refractivity contribution in [2.75, 3.05) is 11.9 Å². The van der Waals surface area contributed by atoms with E-state index >= 15 is 0 Å². The highest BCUT2D eigenvalue weighted by molar-refractivity contribution is 7.13. The molecule has 2 heterocycles. The van der Waals surface area contributed by atoms with Crippen molar-refractivity contribution in [1.82, 2.24) is 9.88 Å². The largest absolute Gasteiger partial charge is 0.480 e. The zero-order valence-corrected chi connectivity index (χ0v) is 10.2. The number of hydrogen-bond acceptors (Lipinski definition) is 4. The number of carbonyl (C=O) groups is 2. The number of amides is 2. The number of aryl methyl sites for hydroxylation is 1. The maximum atomic E-state index is 11.9. The maximum Gasteiger partial charge on any atom is 0.326 e. The van der Waals surface area contributed by atoms with Gasteiger partial charge in [-0.15, -0.1) is 11.3 Å². The van der Waals surface area contributed by atoms with Gasteiger partial charge in [-0.3, -0.25) is 5.32 Å². The molecule has 0 radical (unpaired) electrons. The summed E-state index contributed by atoms with van der Waals surface area (Å²) in [6.45, 7) is 2.31. The molecule has 0 bridgehead atoms. The van der Waals surface area contributed by atoms with Gasteiger partial charge < -0.3 is 10.0 Å². The molecule has 0 aromatic carbocycles. The first kappa shape index (κ1) is 11.8. The van der Waals surface area contributed by atoms with Crippen LogP contribution in [0.5, 0.6) is 0 Å². The molecular formula is C10H13N3O3S. The van der Waals surface area contributed by atoms with Crippen LogP contribution in [-0.4, -0.2) is 39.6 Å². The van der Waals surface area contributed by atoms with E-state index in [1.54, 1.807) is 0 Å². The van der Waals surface area contributed by atoms with Crippen molar-refractivity contribution < 1.29 is 14.7 Å². The van der Waals surface area contributed by atoms with E-state index in [0.717, 1.165) is 12.1 Å². The Balaban J connectivity index is 2.02. The van der Waals surface area contributed by atoms with Gasteiger partial charge in [0.15, 0.2) is 5.13 Å². The molecule has 1 saturated heterocycles. The van der Waals surface area contributed by atoms with E-state index in [1.165, 1.54) is 16.2 Å². The highest BCUT2D eigenvalue weighted by atomic mass is 32.1. The summed E-state index contributed by atoms with van der Waals surface area (Å²) in [6.07, 6.45) is 1.24. The maximum absolute atomic E-state index is 11.9. The summed E-state index contributed by atoms with van der Waals surface area (Å²) < 4.78 is 0. The fraction of sp³-hybridized carbons (Fsp3) is 0.500. The van der Waals surface area contributed by atoms with Gasteiger partial charge in [-0.1, -0.05) is 0 Å². The Morgan fingerprint density at radius 1 is 1.65 bits per heavy atom. The van der Waals surface area contributed by atoms with E-state index in [1.807, 2.05) is 12.3 Å². The molecule has 1 fully saturated rings. The molecule has 92 valence electrons. The molecule has 7 heteroatoms. The number of nitrogens with one attached hydrogen (secondary N) is 1. The number of aliphatic carboxylic acids is 1. The first-order valence-corrected chi connectivity index (χ1v) is 6.18. The van der Waals surface area contributed by atoms with Crippen molar-refractivity contribution in [2.24, 2.45) is 0 Å². The summed E-state index contributed by atoms with van der Waals surface area (Å²) in [5, 5.41) is 13.9. The second-order valence-electron chi connectivity index (χ2n) is 3.91. The van der Waals surface area contributed by atoms with Crippen molar-refractivity contribution >= 4 is 28.5 Å². The molecular weight excluding hydrogens is 242 g/mol. The summed E-state index contributed by atoms with van der Waals surface area (Å²) in [4.78, 5) is 28.2. The topological polar surface area (TPSA) is 82.5 Å². The molecule has 0 aliphatic carbocycles. The van der Waals surface area contributed by atoms with Gasteiger partial charge in [-0.05, 0) is 19.8 Å². The quantitative estimate of drug-likeness (QED) is 0.839. The minimum absolute atomic E-state index is 0.385. The lowest BCUT2D eigenvalue weighted by Gasteiger charge is -2.20. The van der Waals surface area contributed by atoms with E-state index < -0.39 is 12.0 Å². The predicted octanol–water partition coefficient (Wildman–Crippen LogP) is 1.53. The highest BCUT2D eigenvalue weighted by Crippen LogP contribution is 2.20. The number of carbonyl (C=O) groups excluding carboxylic acids is 1. The third kappa shape index (κ3) is 2.55. The number of hydrogen-bond donors (Lipinski definition) is 2. The summed E-state index contributed by atoms with van der Waals surface area (Å²) in [5.41, 5.74) is 0.835. The SMILES string of the molecule is Cc1csc(NC(=O)N2CCC[C@@H]2C(=O)O)n1. The van der Waals surface area contributed by atoms with Gasteiger partial charge in [0.05, 0.1) is 5.69 Å². The normalized spacial score (nSPS) is 19.4. The number of likely N-dealkylation sites (tertiary alicyclic amines) is 1. The van der Waals surface area contributed by atoms with Crippen molar-refractivity contribution in [3.05, 3.63) is 11.1 Å². The lowest BCUT2D eigenvalue weighted by Crippen LogP contribution is -2.42. The molecule has 2 amide bonds. The smallest absolute Gasteiger partial charge is 0.326 e. The first-order chi connectivity index (χ1) is 8.08. The van der Waals surface area contributed by atoms with Crippen LogP contribution in [-0.2, 0) is 4.79 Å². The van der Waals surface area contributed by atoms with Gasteiger partial charge in [0.1, 0.15) is 6.04 Å². The summed E-state index contributed by atoms with van der Waals surface area (Å²) >= 11 is 1.33. The molecule has 0 saturated carbocycles. The van der Waals surface area contributed by atoms with Crippen LogP contribution in [0.3, 0.4) is 0 Å². The van der Waals surface area contributed by atoms with Crippen LogP contribution >= 0.6 is 11.3 Å². The van der Waals surface area contributed by atoms with Crippen LogP contribution in [0.2, 0.25) is 0 Å². The van der Waals surface area contributed by atoms with Crippen molar-refractivity contribution in [3.63, 3.8) is 0 Å². The van der Waals surface area contributed by atoms with Gasteiger partial charge >= 0.3 is 12.0 Å². The third-order valence-corrected chi connectivity index (χ3v) is 3.51. The van der Waals surface area contributed by atoms with E-state index in [2.05, 4.69) is 10.3 Å². The Labute approximate surface area is 102 Å². The number of aromatic nitrogens is 1. The zero-order valence-electron chi connectivity index (χ0n) is 9.34. The Kier molecular flexibility index (Phi) is 3.28. The van der Waals surface area contributed by atoms with E-state index in [0.29, 0.717) is 18.1 Å². The van der Waals surface area contributed by atoms with E-state index in [9.17, 15) is 9.59 Å². The molecule has 1 aliphatic heterocycles. The fourth-order valence-corrected chi connectivity index (χ4v) is 2.52. The lowest BCUT2D eigenvalue weighted by atomic mass is 10.2. The van der Waals surface area contributed by atoms with Crippen LogP contribution < -0.4 is 5.32 Å². The number of rotatable bonds is 2. The van der Waals surface area contributed by atoms with Gasteiger partial charge in [-0.25, -0.2) is 14.6 Å². The van der Waals surface area contributed by atoms with Crippen molar-refractivity contribution in [2.45, 2.75) is 25.8 Å². The predicted molar refractivity (Wildman–Crippen MR) is 63.2 cm³/mol. The van der Waals surface area contributed by atoms with Crippen molar-refractivity contribution in [1.29, 1.82) is 0 Å². The number of carboxylic acid groups (broad SMARTS) is 1. The van der Waals surface area contributed by atoms with Crippen LogP contribution in [0.15, 0.2) is 5.38 Å². The monoisotopic (exact) mass is 255 g/mol. The minimum atomic E-state index is -0.951. The van der Waals surface area contributed by atoms with Gasteiger partial charge in [0.25, 0.3) is 0 Å². The molecule has 2 N–H and O–H groups in total. The van der Waals surface area contributed by atoms with E-state index in [4.69, 9.17) is 5.11 Å². The van der Waals surface area contributed by atoms with Crippen LogP contribution in [0.25, 0.3) is 0 Å². The van der Waals surface area contributed by atoms with Crippen LogP contribution in [0, 0.1) is 6.92 Å². The minimum Gasteiger partial charge on any atom is -0.480 e. The van der Waals surface area contributed by atoms with Crippen LogP contribution in [0.1, 0.15) is 18.5 Å². The number of carboxylic acids is 1. The number of anilines is 1. The summed E-state index contributed by atoms with van der Waals surface area (Å²) in [5.74, 6) is -0.951. The molecule has 6 nitrogen and oxygen atoms in total. The molecule has 17 heavy (non-hydrogen) atoms. The molecule has 1 atom stereocenters. The Morgan fingerprint density at radius 3 is 3.00 bits per heavy atom. The molecule has 1 aromatic rings. The van der Waals surface area contributed by atoms with Gasteiger partial charge in [-0.2, -0.15) is 0 Å². The first-order valence-electron chi connectivity index (χ1n) is 5.30. The number of thiazole rings is 1. The molecule has 0 unspecified atom stereocenters. The Bertz CT molecular complexity index is 446. The zero-order chi connectivity index (χ0) is 12.4. The standard InChI is InChI=1S/C10H13N3O3S/c1-6-5-17-9(11-6)12-10(16)13-4-2-3-7(13)8(14)15/h5,7H,2-4H2,1H3,(H,14,15)(H,11,12,16)/t7-/m1/s1. The van der Waals surface area contributed by atoms with Gasteiger partial charge in [0, 0.05) is 11.9 Å². The second-order valence-corrected chi connectivity index (χ2v) is 4.77. The Hall–Kier alpha value is -1.63. The van der Waals surface area contributed by atoms with Crippen molar-refractivity contribution in [3.8, 4) is 0 Å². The third-order valence-electron chi connectivity index (χ3n) is 2.63. The summed E-state index contributed by atoms with van der Waals surface area (Å²) in [6, 6.07) is -1.10. The average molecular weight is 255 g/mol. The number of nitrogens with zero attached hydrogens (tertiary/aromatic N) is 2. The molecule has 0 spiro atoms. The fourth-order valence-electron chi connectivity index (χ4n) is 1.84. The molecule has 2 rings (SSSR count). The van der Waals surface area contributed by atoms with Gasteiger partial charge in [0.2, 0.25) is 0 Å². The second kappa shape index (κ2) is 4.70. The number of urea groups is 1. The summed E-state index contributed by atoms with van der Waals surface area (Å²) in [7, 11) is 0. The van der Waals surface area contributed by atoms with Crippen LogP contribution in [0.4, 0.5) is 9.93 Å². The molecule has 1 aliphatic rings. The van der Waals surface area contributed by atoms with E-state index in [-0.39, 0.29) is 6.03 Å². The highest BCUT2D eigenvalue weighted by Gasteiger charge is 2.34. The molecule has 1 aromatic heterocycles. The average Bonchev–Trinajstić information content (AvgIpc) is 2.86.